The highest BCUT2D eigenvalue weighted by Crippen LogP contribution is 2.34. The van der Waals surface area contributed by atoms with Crippen molar-refractivity contribution in [2.24, 2.45) is 0 Å². The molecule has 27 heavy (non-hydrogen) atoms. The average molecular weight is 399 g/mol. The molecule has 0 unspecified atom stereocenters. The highest BCUT2D eigenvalue weighted by molar-refractivity contribution is 8.00. The number of thiazole rings is 1. The molecule has 2 N–H and O–H groups in total. The van der Waals surface area contributed by atoms with E-state index in [1.54, 1.807) is 31.2 Å². The highest BCUT2D eigenvalue weighted by atomic mass is 32.2. The SMILES string of the molecule is Cc1nc(-c2ccc(F)cc2)sc1C(=O)Nc1ccc2c(c1)NC(=O)CS2. The summed E-state index contributed by atoms with van der Waals surface area (Å²) in [5, 5.41) is 6.31. The maximum Gasteiger partial charge on any atom is 0.267 e. The van der Waals surface area contributed by atoms with Crippen LogP contribution in [-0.4, -0.2) is 22.6 Å². The van der Waals surface area contributed by atoms with Gasteiger partial charge in [-0.1, -0.05) is 0 Å². The number of carbonyl (C=O) groups excluding carboxylic acids is 2. The molecule has 0 spiro atoms. The average Bonchev–Trinajstić information content (AvgIpc) is 3.04. The minimum atomic E-state index is -0.317. The molecule has 0 aliphatic carbocycles. The number of rotatable bonds is 3. The van der Waals surface area contributed by atoms with Crippen molar-refractivity contribution in [1.82, 2.24) is 4.98 Å². The topological polar surface area (TPSA) is 71.1 Å². The number of hydrogen-bond donors (Lipinski definition) is 2. The van der Waals surface area contributed by atoms with Crippen LogP contribution in [0.4, 0.5) is 15.8 Å². The Bertz CT molecular complexity index is 1050. The van der Waals surface area contributed by atoms with Crippen molar-refractivity contribution in [3.63, 3.8) is 0 Å². The lowest BCUT2D eigenvalue weighted by Gasteiger charge is -2.17. The number of carbonyl (C=O) groups is 2. The summed E-state index contributed by atoms with van der Waals surface area (Å²) in [6.07, 6.45) is 0. The molecule has 136 valence electrons. The van der Waals surface area contributed by atoms with Crippen molar-refractivity contribution < 1.29 is 14.0 Å². The fourth-order valence-electron chi connectivity index (χ4n) is 2.67. The fraction of sp³-hybridized carbons (Fsp3) is 0.105. The third kappa shape index (κ3) is 3.72. The van der Waals surface area contributed by atoms with Gasteiger partial charge in [0, 0.05) is 16.1 Å². The largest absolute Gasteiger partial charge is 0.324 e. The summed E-state index contributed by atoms with van der Waals surface area (Å²) in [6, 6.07) is 11.4. The van der Waals surface area contributed by atoms with Gasteiger partial charge in [0.2, 0.25) is 5.91 Å². The molecule has 4 rings (SSSR count). The Morgan fingerprint density at radius 3 is 2.78 bits per heavy atom. The van der Waals surface area contributed by atoms with Crippen molar-refractivity contribution in [2.75, 3.05) is 16.4 Å². The standard InChI is InChI=1S/C19H14FN3O2S2/c1-10-17(27-19(21-10)11-2-4-12(20)5-3-11)18(25)22-13-6-7-15-14(8-13)23-16(24)9-26-15/h2-8H,9H2,1H3,(H,22,25)(H,23,24). The first-order valence-corrected chi connectivity index (χ1v) is 9.91. The first kappa shape index (κ1) is 17.7. The summed E-state index contributed by atoms with van der Waals surface area (Å²) in [5.41, 5.74) is 2.66. The van der Waals surface area contributed by atoms with E-state index in [0.29, 0.717) is 32.7 Å². The predicted octanol–water partition coefficient (Wildman–Crippen LogP) is 4.55. The summed E-state index contributed by atoms with van der Waals surface area (Å²) in [5.74, 6) is -0.251. The quantitative estimate of drug-likeness (QED) is 0.678. The van der Waals surface area contributed by atoms with E-state index in [1.165, 1.54) is 35.2 Å². The summed E-state index contributed by atoms with van der Waals surface area (Å²) < 4.78 is 13.1. The molecule has 1 aliphatic heterocycles. The zero-order valence-corrected chi connectivity index (χ0v) is 15.8. The zero-order chi connectivity index (χ0) is 19.0. The molecule has 0 radical (unpaired) electrons. The number of benzene rings is 2. The van der Waals surface area contributed by atoms with Crippen LogP contribution < -0.4 is 10.6 Å². The molecule has 8 heteroatoms. The Balaban J connectivity index is 1.56. The molecule has 0 bridgehead atoms. The maximum atomic E-state index is 13.1. The molecule has 1 aromatic heterocycles. The van der Waals surface area contributed by atoms with Crippen LogP contribution in [0.25, 0.3) is 10.6 Å². The second-order valence-corrected chi connectivity index (χ2v) is 7.96. The fourth-order valence-corrected chi connectivity index (χ4v) is 4.43. The van der Waals surface area contributed by atoms with Crippen molar-refractivity contribution in [2.45, 2.75) is 11.8 Å². The van der Waals surface area contributed by atoms with Gasteiger partial charge in [-0.2, -0.15) is 0 Å². The lowest BCUT2D eigenvalue weighted by Crippen LogP contribution is -2.19. The van der Waals surface area contributed by atoms with E-state index in [4.69, 9.17) is 0 Å². The smallest absolute Gasteiger partial charge is 0.267 e. The van der Waals surface area contributed by atoms with Crippen molar-refractivity contribution >= 4 is 46.3 Å². The monoisotopic (exact) mass is 399 g/mol. The van der Waals surface area contributed by atoms with Gasteiger partial charge in [0.1, 0.15) is 15.7 Å². The lowest BCUT2D eigenvalue weighted by atomic mass is 10.2. The van der Waals surface area contributed by atoms with Gasteiger partial charge in [-0.15, -0.1) is 23.1 Å². The Hall–Kier alpha value is -2.71. The Morgan fingerprint density at radius 2 is 2.00 bits per heavy atom. The molecule has 0 saturated carbocycles. The number of nitrogens with one attached hydrogen (secondary N) is 2. The first-order chi connectivity index (χ1) is 13.0. The van der Waals surface area contributed by atoms with Gasteiger partial charge in [-0.05, 0) is 49.4 Å². The second-order valence-electron chi connectivity index (χ2n) is 5.94. The number of halogens is 1. The number of amides is 2. The van der Waals surface area contributed by atoms with Crippen molar-refractivity contribution in [3.05, 3.63) is 58.9 Å². The summed E-state index contributed by atoms with van der Waals surface area (Å²) in [7, 11) is 0. The van der Waals surface area contributed by atoms with Crippen LogP contribution in [0.5, 0.6) is 0 Å². The Kier molecular flexibility index (Phi) is 4.67. The van der Waals surface area contributed by atoms with E-state index in [1.807, 2.05) is 6.07 Å². The maximum absolute atomic E-state index is 13.1. The molecular formula is C19H14FN3O2S2. The molecular weight excluding hydrogens is 385 g/mol. The second kappa shape index (κ2) is 7.13. The number of hydrogen-bond acceptors (Lipinski definition) is 5. The van der Waals surface area contributed by atoms with Crippen LogP contribution in [0, 0.1) is 12.7 Å². The minimum Gasteiger partial charge on any atom is -0.324 e. The third-order valence-corrected chi connectivity index (χ3v) is 6.24. The summed E-state index contributed by atoms with van der Waals surface area (Å²) in [4.78, 5) is 30.1. The predicted molar refractivity (Wildman–Crippen MR) is 106 cm³/mol. The number of anilines is 2. The molecule has 0 atom stereocenters. The Labute approximate surface area is 163 Å². The first-order valence-electron chi connectivity index (χ1n) is 8.11. The van der Waals surface area contributed by atoms with Crippen LogP contribution in [-0.2, 0) is 4.79 Å². The summed E-state index contributed by atoms with van der Waals surface area (Å²) >= 11 is 2.72. The van der Waals surface area contributed by atoms with Crippen molar-refractivity contribution in [1.29, 1.82) is 0 Å². The van der Waals surface area contributed by atoms with Gasteiger partial charge in [0.25, 0.3) is 5.91 Å². The van der Waals surface area contributed by atoms with E-state index in [-0.39, 0.29) is 17.6 Å². The van der Waals surface area contributed by atoms with E-state index in [2.05, 4.69) is 15.6 Å². The molecule has 3 aromatic rings. The van der Waals surface area contributed by atoms with Gasteiger partial charge in [0.15, 0.2) is 0 Å². The number of nitrogens with zero attached hydrogens (tertiary/aromatic N) is 1. The number of aryl methyl sites for hydroxylation is 1. The molecule has 2 aromatic carbocycles. The number of fused-ring (bicyclic) bond motifs is 1. The number of aromatic nitrogens is 1. The molecule has 2 amide bonds. The van der Waals surface area contributed by atoms with E-state index < -0.39 is 0 Å². The normalized spacial score (nSPS) is 13.0. The number of thioether (sulfide) groups is 1. The Morgan fingerprint density at radius 1 is 1.22 bits per heavy atom. The zero-order valence-electron chi connectivity index (χ0n) is 14.2. The molecule has 1 aliphatic rings. The molecule has 2 heterocycles. The lowest BCUT2D eigenvalue weighted by molar-refractivity contribution is -0.113. The highest BCUT2D eigenvalue weighted by Gasteiger charge is 2.19. The minimum absolute atomic E-state index is 0.0572. The van der Waals surface area contributed by atoms with Crippen LogP contribution in [0.1, 0.15) is 15.4 Å². The van der Waals surface area contributed by atoms with Gasteiger partial charge in [-0.25, -0.2) is 9.37 Å². The van der Waals surface area contributed by atoms with Gasteiger partial charge in [0.05, 0.1) is 17.1 Å². The van der Waals surface area contributed by atoms with E-state index >= 15 is 0 Å². The van der Waals surface area contributed by atoms with E-state index in [9.17, 15) is 14.0 Å². The molecule has 5 nitrogen and oxygen atoms in total. The van der Waals surface area contributed by atoms with Gasteiger partial charge in [-0.3, -0.25) is 9.59 Å². The van der Waals surface area contributed by atoms with Crippen LogP contribution in [0.2, 0.25) is 0 Å². The molecule has 0 fully saturated rings. The van der Waals surface area contributed by atoms with Crippen molar-refractivity contribution in [3.8, 4) is 10.6 Å². The summed E-state index contributed by atoms with van der Waals surface area (Å²) in [6.45, 7) is 1.77. The van der Waals surface area contributed by atoms with Crippen LogP contribution in [0.3, 0.4) is 0 Å². The van der Waals surface area contributed by atoms with Crippen LogP contribution >= 0.6 is 23.1 Å². The van der Waals surface area contributed by atoms with Gasteiger partial charge < -0.3 is 10.6 Å². The van der Waals surface area contributed by atoms with Gasteiger partial charge >= 0.3 is 0 Å². The molecule has 0 saturated heterocycles. The third-order valence-electron chi connectivity index (χ3n) is 3.96. The van der Waals surface area contributed by atoms with E-state index in [0.717, 1.165) is 10.5 Å². The van der Waals surface area contributed by atoms with Crippen LogP contribution in [0.15, 0.2) is 47.4 Å².